The molecule has 0 aliphatic heterocycles. The first-order valence-corrected chi connectivity index (χ1v) is 12.5. The number of hydrogen-bond donors (Lipinski definition) is 1. The molecule has 0 bridgehead atoms. The third kappa shape index (κ3) is 3.38. The van der Waals surface area contributed by atoms with Crippen LogP contribution in [0, 0.1) is 0 Å². The zero-order chi connectivity index (χ0) is 19.7. The number of hydrogen-bond acceptors (Lipinski definition) is 3. The number of fused-ring (bicyclic) bond motifs is 2. The van der Waals surface area contributed by atoms with Gasteiger partial charge in [0, 0.05) is 0 Å². The molecule has 142 valence electrons. The molecule has 2 aromatic heterocycles. The molecule has 0 saturated carbocycles. The van der Waals surface area contributed by atoms with Crippen LogP contribution in [0.4, 0.5) is 0 Å². The van der Waals surface area contributed by atoms with Gasteiger partial charge in [-0.1, -0.05) is 0 Å². The van der Waals surface area contributed by atoms with Crippen LogP contribution in [-0.4, -0.2) is 52.7 Å². The molecule has 0 fully saturated rings. The number of carbonyl (C=O) groups is 2. The van der Waals surface area contributed by atoms with E-state index in [-0.39, 0.29) is 35.0 Å². The predicted molar refractivity (Wildman–Crippen MR) is 113 cm³/mol. The van der Waals surface area contributed by atoms with Gasteiger partial charge in [-0.25, -0.2) is 0 Å². The Morgan fingerprint density at radius 2 is 1.43 bits per heavy atom. The number of carboxylic acid groups (broad SMARTS) is 1. The molecular formula is C22H18O4Se2. The molecule has 2 heterocycles. The molecule has 0 aliphatic rings. The summed E-state index contributed by atoms with van der Waals surface area (Å²) in [6.07, 6.45) is 1.78. The molecule has 0 radical (unpaired) electrons. The van der Waals surface area contributed by atoms with E-state index in [2.05, 4.69) is 6.92 Å². The number of esters is 1. The normalized spacial score (nSPS) is 11.2. The molecular weight excluding hydrogens is 486 g/mol. The van der Waals surface area contributed by atoms with Crippen molar-refractivity contribution in [2.24, 2.45) is 0 Å². The van der Waals surface area contributed by atoms with Gasteiger partial charge < -0.3 is 0 Å². The summed E-state index contributed by atoms with van der Waals surface area (Å²) in [6.45, 7) is 2.44. The van der Waals surface area contributed by atoms with Crippen LogP contribution in [0.5, 0.6) is 0 Å². The van der Waals surface area contributed by atoms with E-state index >= 15 is 0 Å². The summed E-state index contributed by atoms with van der Waals surface area (Å²) in [6, 6.07) is 15.7. The average molecular weight is 504 g/mol. The van der Waals surface area contributed by atoms with Gasteiger partial charge in [-0.3, -0.25) is 0 Å². The maximum absolute atomic E-state index is 12.9. The first-order valence-electron chi connectivity index (χ1n) is 9.05. The first kappa shape index (κ1) is 19.2. The van der Waals surface area contributed by atoms with Gasteiger partial charge in [0.25, 0.3) is 0 Å². The summed E-state index contributed by atoms with van der Waals surface area (Å²) in [4.78, 5) is 25.0. The molecule has 4 nitrogen and oxygen atoms in total. The Morgan fingerprint density at radius 3 is 2.00 bits per heavy atom. The number of benzene rings is 2. The number of ether oxygens (including phenoxy) is 1. The maximum atomic E-state index is 12.9. The van der Waals surface area contributed by atoms with Gasteiger partial charge >= 0.3 is 175 Å². The summed E-state index contributed by atoms with van der Waals surface area (Å²) < 4.78 is 8.71. The van der Waals surface area contributed by atoms with Gasteiger partial charge in [-0.2, -0.15) is 0 Å². The standard InChI is InChI=1S/C22H18O4Se2/c1-2-3-12-26-22(25)20-18(14-9-5-7-11-16(14)28-20)17-13-8-4-6-10-15(13)27-19(17)21(23)24/h4-11H,2-3,12H2,1H3,(H,23,24). The Kier molecular flexibility index (Phi) is 5.56. The van der Waals surface area contributed by atoms with E-state index in [4.69, 9.17) is 4.74 Å². The van der Waals surface area contributed by atoms with Crippen molar-refractivity contribution in [3.8, 4) is 11.1 Å². The van der Waals surface area contributed by atoms with Gasteiger partial charge in [0.15, 0.2) is 0 Å². The summed E-state index contributed by atoms with van der Waals surface area (Å²) >= 11 is -0.483. The van der Waals surface area contributed by atoms with Gasteiger partial charge in [0.1, 0.15) is 0 Å². The minimum absolute atomic E-state index is 0.198. The summed E-state index contributed by atoms with van der Waals surface area (Å²) in [5.74, 6) is -1.22. The van der Waals surface area contributed by atoms with E-state index in [9.17, 15) is 14.7 Å². The van der Waals surface area contributed by atoms with Crippen LogP contribution in [0.1, 0.15) is 38.2 Å². The molecule has 0 unspecified atom stereocenters. The number of carbonyl (C=O) groups excluding carboxylic acids is 1. The fourth-order valence-corrected chi connectivity index (χ4v) is 7.77. The summed E-state index contributed by atoms with van der Waals surface area (Å²) in [5.41, 5.74) is 1.47. The quantitative estimate of drug-likeness (QED) is 0.240. The molecule has 0 atom stereocenters. The minimum atomic E-state index is -0.908. The Hall–Kier alpha value is -2.10. The van der Waals surface area contributed by atoms with E-state index in [0.29, 0.717) is 21.0 Å². The second kappa shape index (κ2) is 8.10. The van der Waals surface area contributed by atoms with Crippen molar-refractivity contribution >= 4 is 60.2 Å². The molecule has 0 amide bonds. The van der Waals surface area contributed by atoms with Gasteiger partial charge in [0.2, 0.25) is 0 Å². The second-order valence-electron chi connectivity index (χ2n) is 6.40. The molecule has 4 aromatic rings. The van der Waals surface area contributed by atoms with Crippen molar-refractivity contribution in [2.45, 2.75) is 19.8 Å². The van der Waals surface area contributed by atoms with Gasteiger partial charge in [-0.05, 0) is 0 Å². The topological polar surface area (TPSA) is 63.6 Å². The van der Waals surface area contributed by atoms with Crippen LogP contribution in [-0.2, 0) is 4.74 Å². The van der Waals surface area contributed by atoms with Crippen molar-refractivity contribution in [3.63, 3.8) is 0 Å². The van der Waals surface area contributed by atoms with E-state index in [1.807, 2.05) is 48.5 Å². The Morgan fingerprint density at radius 1 is 0.893 bits per heavy atom. The van der Waals surface area contributed by atoms with Crippen LogP contribution < -0.4 is 0 Å². The molecule has 0 saturated heterocycles. The fourth-order valence-electron chi connectivity index (χ4n) is 3.26. The molecule has 0 spiro atoms. The predicted octanol–water partition coefficient (Wildman–Crippen LogP) is 4.43. The number of carboxylic acids is 1. The van der Waals surface area contributed by atoms with Crippen LogP contribution >= 0.6 is 0 Å². The Bertz CT molecular complexity index is 1190. The van der Waals surface area contributed by atoms with E-state index in [0.717, 1.165) is 37.7 Å². The van der Waals surface area contributed by atoms with Crippen molar-refractivity contribution in [3.05, 3.63) is 57.4 Å². The molecule has 1 N–H and O–H groups in total. The third-order valence-corrected chi connectivity index (χ3v) is 9.40. The number of aromatic carboxylic acids is 1. The zero-order valence-electron chi connectivity index (χ0n) is 15.2. The third-order valence-electron chi connectivity index (χ3n) is 4.55. The van der Waals surface area contributed by atoms with E-state index in [1.54, 1.807) is 0 Å². The molecule has 2 aromatic carbocycles. The Labute approximate surface area is 174 Å². The molecule has 28 heavy (non-hydrogen) atoms. The summed E-state index contributed by atoms with van der Waals surface area (Å²) in [5, 5.41) is 11.8. The first-order chi connectivity index (χ1) is 13.6. The van der Waals surface area contributed by atoms with E-state index in [1.165, 1.54) is 0 Å². The van der Waals surface area contributed by atoms with Gasteiger partial charge in [-0.15, -0.1) is 0 Å². The van der Waals surface area contributed by atoms with Crippen LogP contribution in [0.2, 0.25) is 0 Å². The monoisotopic (exact) mass is 506 g/mol. The molecule has 0 aliphatic carbocycles. The fraction of sp³-hybridized carbons (Fsp3) is 0.182. The van der Waals surface area contributed by atoms with Gasteiger partial charge in [0.05, 0.1) is 0 Å². The number of unbranched alkanes of at least 4 members (excludes halogenated alkanes) is 1. The number of rotatable bonds is 6. The second-order valence-corrected chi connectivity index (χ2v) is 10.8. The average Bonchev–Trinajstić information content (AvgIpc) is 3.26. The summed E-state index contributed by atoms with van der Waals surface area (Å²) in [7, 11) is 0. The Balaban J connectivity index is 2.00. The van der Waals surface area contributed by atoms with Crippen LogP contribution in [0.3, 0.4) is 0 Å². The molecule has 4 rings (SSSR count). The van der Waals surface area contributed by atoms with Crippen molar-refractivity contribution in [2.75, 3.05) is 6.61 Å². The SMILES string of the molecule is CCCCOC(=O)c1[se]c2ccccc2c1-c1c(C(=O)O)[se]c2ccccc12. The van der Waals surface area contributed by atoms with Crippen LogP contribution in [0.25, 0.3) is 30.4 Å². The van der Waals surface area contributed by atoms with Crippen molar-refractivity contribution in [1.29, 1.82) is 0 Å². The van der Waals surface area contributed by atoms with Crippen molar-refractivity contribution < 1.29 is 19.4 Å². The van der Waals surface area contributed by atoms with E-state index < -0.39 is 5.97 Å². The zero-order valence-corrected chi connectivity index (χ0v) is 18.7. The van der Waals surface area contributed by atoms with Crippen LogP contribution in [0.15, 0.2) is 48.5 Å². The van der Waals surface area contributed by atoms with Crippen molar-refractivity contribution in [1.82, 2.24) is 0 Å². The molecule has 6 heteroatoms.